The summed E-state index contributed by atoms with van der Waals surface area (Å²) >= 11 is -2.05. The van der Waals surface area contributed by atoms with Crippen molar-refractivity contribution >= 4 is 23.5 Å². The van der Waals surface area contributed by atoms with Gasteiger partial charge in [0.2, 0.25) is 0 Å². The monoisotopic (exact) mass is 311 g/mol. The molecule has 2 aromatic carbocycles. The summed E-state index contributed by atoms with van der Waals surface area (Å²) in [6, 6.07) is 24.5. The Hall–Kier alpha value is -1.94. The first-order valence-electron chi connectivity index (χ1n) is 6.12. The van der Waals surface area contributed by atoms with Gasteiger partial charge in [0, 0.05) is 0 Å². The molecule has 3 rings (SSSR count). The zero-order valence-electron chi connectivity index (χ0n) is 10.3. The summed E-state index contributed by atoms with van der Waals surface area (Å²) in [5, 5.41) is 0. The molecule has 0 fully saturated rings. The summed E-state index contributed by atoms with van der Waals surface area (Å²) < 4.78 is 14.0. The van der Waals surface area contributed by atoms with Gasteiger partial charge in [-0.2, -0.15) is 0 Å². The Labute approximate surface area is 117 Å². The Bertz CT molecular complexity index is 566. The SMILES string of the molecule is c1cc[c]([Ge]([O]c2ccco2)[c]2ccccc2)cc1. The molecule has 0 aliphatic rings. The van der Waals surface area contributed by atoms with Crippen LogP contribution in [0.4, 0.5) is 0 Å². The van der Waals surface area contributed by atoms with Gasteiger partial charge in [-0.25, -0.2) is 0 Å². The molecule has 1 aromatic heterocycles. The minimum atomic E-state index is -2.05. The van der Waals surface area contributed by atoms with E-state index in [9.17, 15) is 0 Å². The van der Waals surface area contributed by atoms with Crippen molar-refractivity contribution in [3.8, 4) is 5.95 Å². The number of hydrogen-bond acceptors (Lipinski definition) is 2. The van der Waals surface area contributed by atoms with Crippen LogP contribution in [0.5, 0.6) is 5.95 Å². The molecule has 0 amide bonds. The van der Waals surface area contributed by atoms with E-state index in [-0.39, 0.29) is 0 Å². The van der Waals surface area contributed by atoms with Crippen molar-refractivity contribution in [1.82, 2.24) is 0 Å². The third kappa shape index (κ3) is 2.91. The van der Waals surface area contributed by atoms with Gasteiger partial charge in [-0.1, -0.05) is 0 Å². The van der Waals surface area contributed by atoms with Crippen molar-refractivity contribution < 1.29 is 8.18 Å². The molecule has 1 heterocycles. The van der Waals surface area contributed by atoms with E-state index >= 15 is 0 Å². The van der Waals surface area contributed by atoms with E-state index in [0.29, 0.717) is 5.95 Å². The average Bonchev–Trinajstić information content (AvgIpc) is 3.00. The van der Waals surface area contributed by atoms with E-state index in [1.165, 1.54) is 8.79 Å². The van der Waals surface area contributed by atoms with Crippen molar-refractivity contribution in [1.29, 1.82) is 0 Å². The van der Waals surface area contributed by atoms with Gasteiger partial charge in [-0.05, 0) is 0 Å². The van der Waals surface area contributed by atoms with Crippen LogP contribution in [0, 0.1) is 0 Å². The maximum atomic E-state index is 6.13. The fourth-order valence-electron chi connectivity index (χ4n) is 1.89. The van der Waals surface area contributed by atoms with E-state index in [1.54, 1.807) is 6.26 Å². The molecule has 0 aliphatic heterocycles. The topological polar surface area (TPSA) is 22.4 Å². The number of rotatable bonds is 4. The summed E-state index contributed by atoms with van der Waals surface area (Å²) in [5.41, 5.74) is 0. The van der Waals surface area contributed by atoms with E-state index in [1.807, 2.05) is 24.3 Å². The summed E-state index contributed by atoms with van der Waals surface area (Å²) in [6.45, 7) is 0. The second kappa shape index (κ2) is 5.80. The van der Waals surface area contributed by atoms with Crippen LogP contribution in [-0.2, 0) is 0 Å². The standard InChI is InChI=1S/C16H13GeO2/c1-3-8-14(9-4-1)17(15-10-5-2-6-11-15)19-16-12-7-13-18-16/h1-13H. The molecule has 0 spiro atoms. The molecular weight excluding hydrogens is 297 g/mol. The van der Waals surface area contributed by atoms with Gasteiger partial charge < -0.3 is 0 Å². The molecule has 0 saturated carbocycles. The van der Waals surface area contributed by atoms with Gasteiger partial charge in [-0.3, -0.25) is 0 Å². The van der Waals surface area contributed by atoms with Gasteiger partial charge in [0.25, 0.3) is 0 Å². The molecule has 3 heteroatoms. The quantitative estimate of drug-likeness (QED) is 0.691. The normalized spacial score (nSPS) is 10.6. The maximum absolute atomic E-state index is 6.13. The van der Waals surface area contributed by atoms with E-state index in [0.717, 1.165) is 0 Å². The van der Waals surface area contributed by atoms with Crippen molar-refractivity contribution in [3.63, 3.8) is 0 Å². The number of hydrogen-bond donors (Lipinski definition) is 0. The van der Waals surface area contributed by atoms with E-state index in [4.69, 9.17) is 8.18 Å². The minimum absolute atomic E-state index is 0.600. The predicted octanol–water partition coefficient (Wildman–Crippen LogP) is 2.46. The Morgan fingerprint density at radius 2 is 1.26 bits per heavy atom. The van der Waals surface area contributed by atoms with Crippen LogP contribution >= 0.6 is 0 Å². The molecular formula is C16H13GeO2. The predicted molar refractivity (Wildman–Crippen MR) is 77.2 cm³/mol. The van der Waals surface area contributed by atoms with Crippen LogP contribution in [0.15, 0.2) is 83.5 Å². The molecule has 0 N–H and O–H groups in total. The first kappa shape index (κ1) is 12.1. The van der Waals surface area contributed by atoms with Crippen LogP contribution in [0.1, 0.15) is 0 Å². The molecule has 3 aromatic rings. The summed E-state index contributed by atoms with van der Waals surface area (Å²) in [6.07, 6.45) is 1.64. The van der Waals surface area contributed by atoms with Gasteiger partial charge in [0.05, 0.1) is 0 Å². The summed E-state index contributed by atoms with van der Waals surface area (Å²) in [5.74, 6) is 0.600. The van der Waals surface area contributed by atoms with Crippen molar-refractivity contribution in [2.24, 2.45) is 0 Å². The molecule has 0 unspecified atom stereocenters. The Morgan fingerprint density at radius 1 is 0.684 bits per heavy atom. The van der Waals surface area contributed by atoms with E-state index < -0.39 is 14.7 Å². The molecule has 19 heavy (non-hydrogen) atoms. The number of furan rings is 1. The van der Waals surface area contributed by atoms with Gasteiger partial charge >= 0.3 is 117 Å². The first-order valence-corrected chi connectivity index (χ1v) is 9.08. The van der Waals surface area contributed by atoms with Crippen molar-refractivity contribution in [2.75, 3.05) is 0 Å². The molecule has 2 nitrogen and oxygen atoms in total. The summed E-state index contributed by atoms with van der Waals surface area (Å²) in [4.78, 5) is 0. The Morgan fingerprint density at radius 3 is 1.74 bits per heavy atom. The Kier molecular flexibility index (Phi) is 3.70. The van der Waals surface area contributed by atoms with E-state index in [2.05, 4.69) is 48.5 Å². The fourth-order valence-corrected chi connectivity index (χ4v) is 5.82. The number of benzene rings is 2. The van der Waals surface area contributed by atoms with Crippen molar-refractivity contribution in [2.45, 2.75) is 0 Å². The second-order valence-electron chi connectivity index (χ2n) is 4.10. The van der Waals surface area contributed by atoms with Gasteiger partial charge in [0.1, 0.15) is 0 Å². The third-order valence-electron chi connectivity index (χ3n) is 2.77. The average molecular weight is 310 g/mol. The third-order valence-corrected chi connectivity index (χ3v) is 7.22. The first-order chi connectivity index (χ1) is 9.43. The zero-order chi connectivity index (χ0) is 12.9. The molecule has 93 valence electrons. The van der Waals surface area contributed by atoms with Crippen LogP contribution < -0.4 is 12.6 Å². The summed E-state index contributed by atoms with van der Waals surface area (Å²) in [7, 11) is 0. The molecule has 0 atom stereocenters. The molecule has 0 saturated heterocycles. The second-order valence-corrected chi connectivity index (χ2v) is 8.33. The van der Waals surface area contributed by atoms with Gasteiger partial charge in [-0.15, -0.1) is 0 Å². The Balaban J connectivity index is 1.96. The zero-order valence-corrected chi connectivity index (χ0v) is 12.4. The van der Waals surface area contributed by atoms with Crippen molar-refractivity contribution in [3.05, 3.63) is 79.1 Å². The molecule has 0 aliphatic carbocycles. The fraction of sp³-hybridized carbons (Fsp3) is 0. The molecule has 1 radical (unpaired) electrons. The van der Waals surface area contributed by atoms with Crippen LogP contribution in [0.2, 0.25) is 0 Å². The van der Waals surface area contributed by atoms with Crippen LogP contribution in [-0.4, -0.2) is 14.7 Å². The van der Waals surface area contributed by atoms with Crippen LogP contribution in [0.25, 0.3) is 0 Å². The van der Waals surface area contributed by atoms with Crippen LogP contribution in [0.3, 0.4) is 0 Å². The van der Waals surface area contributed by atoms with Gasteiger partial charge in [0.15, 0.2) is 0 Å². The molecule has 0 bridgehead atoms.